The van der Waals surface area contributed by atoms with Crippen LogP contribution in [0.1, 0.15) is 25.8 Å². The van der Waals surface area contributed by atoms with Crippen molar-refractivity contribution in [3.63, 3.8) is 0 Å². The Morgan fingerprint density at radius 1 is 1.30 bits per heavy atom. The van der Waals surface area contributed by atoms with Crippen molar-refractivity contribution in [1.29, 1.82) is 0 Å². The van der Waals surface area contributed by atoms with E-state index in [1.807, 2.05) is 0 Å². The largest absolute Gasteiger partial charge is 0.455 e. The Bertz CT molecular complexity index is 460. The molecule has 4 nitrogen and oxygen atoms in total. The van der Waals surface area contributed by atoms with Gasteiger partial charge in [0.15, 0.2) is 6.61 Å². The van der Waals surface area contributed by atoms with Crippen molar-refractivity contribution >= 4 is 23.5 Å². The summed E-state index contributed by atoms with van der Waals surface area (Å²) in [5, 5.41) is 3.22. The molecule has 0 aromatic heterocycles. The molecule has 0 bridgehead atoms. The van der Waals surface area contributed by atoms with Gasteiger partial charge in [-0.05, 0) is 24.0 Å². The number of benzene rings is 1. The third-order valence-electron chi connectivity index (χ3n) is 2.70. The number of carbonyl (C=O) groups excluding carboxylic acids is 2. The van der Waals surface area contributed by atoms with E-state index >= 15 is 0 Å². The Balaban J connectivity index is 2.26. The van der Waals surface area contributed by atoms with E-state index in [-0.39, 0.29) is 18.9 Å². The summed E-state index contributed by atoms with van der Waals surface area (Å²) in [5.41, 5.74) is 0.694. The van der Waals surface area contributed by atoms with Crippen LogP contribution in [-0.2, 0) is 20.7 Å². The van der Waals surface area contributed by atoms with Crippen LogP contribution < -0.4 is 5.32 Å². The van der Waals surface area contributed by atoms with E-state index in [4.69, 9.17) is 16.3 Å². The second-order valence-electron chi connectivity index (χ2n) is 4.96. The molecule has 0 spiro atoms. The van der Waals surface area contributed by atoms with Crippen LogP contribution in [0, 0.1) is 5.92 Å². The normalized spacial score (nSPS) is 10.4. The monoisotopic (exact) mass is 297 g/mol. The lowest BCUT2D eigenvalue weighted by molar-refractivity contribution is -0.147. The smallest absolute Gasteiger partial charge is 0.310 e. The van der Waals surface area contributed by atoms with Crippen LogP contribution >= 0.6 is 11.6 Å². The van der Waals surface area contributed by atoms with Gasteiger partial charge >= 0.3 is 5.97 Å². The summed E-state index contributed by atoms with van der Waals surface area (Å²) in [6.07, 6.45) is 0.970. The number of halogens is 1. The molecule has 1 N–H and O–H groups in total. The molecule has 1 aromatic carbocycles. The van der Waals surface area contributed by atoms with Crippen LogP contribution in [0.25, 0.3) is 0 Å². The van der Waals surface area contributed by atoms with E-state index in [1.165, 1.54) is 0 Å². The van der Waals surface area contributed by atoms with E-state index in [2.05, 4.69) is 19.2 Å². The van der Waals surface area contributed by atoms with Gasteiger partial charge in [0.25, 0.3) is 5.91 Å². The maximum atomic E-state index is 11.6. The minimum absolute atomic E-state index is 0.0684. The number of esters is 1. The number of hydrogen-bond donors (Lipinski definition) is 1. The number of nitrogens with one attached hydrogen (secondary N) is 1. The fraction of sp³-hybridized carbons (Fsp3) is 0.467. The predicted molar refractivity (Wildman–Crippen MR) is 78.6 cm³/mol. The van der Waals surface area contributed by atoms with Gasteiger partial charge in [0, 0.05) is 11.6 Å². The Kier molecular flexibility index (Phi) is 7.09. The molecule has 0 atom stereocenters. The summed E-state index contributed by atoms with van der Waals surface area (Å²) in [6.45, 7) is 4.51. The molecule has 0 aliphatic carbocycles. The molecule has 1 aromatic rings. The van der Waals surface area contributed by atoms with E-state index in [0.717, 1.165) is 6.42 Å². The minimum atomic E-state index is -0.461. The summed E-state index contributed by atoms with van der Waals surface area (Å²) in [5.74, 6) is -0.214. The van der Waals surface area contributed by atoms with Gasteiger partial charge in [0.05, 0.1) is 6.42 Å². The summed E-state index contributed by atoms with van der Waals surface area (Å²) < 4.78 is 4.91. The van der Waals surface area contributed by atoms with E-state index in [1.54, 1.807) is 24.3 Å². The molecule has 0 unspecified atom stereocenters. The standard InChI is InChI=1S/C15H20ClNO3/c1-11(2)7-8-17-14(18)10-20-15(19)9-12-5-3-4-6-13(12)16/h3-6,11H,7-10H2,1-2H3,(H,17,18). The first-order valence-corrected chi connectivity index (χ1v) is 7.02. The highest BCUT2D eigenvalue weighted by Gasteiger charge is 2.10. The lowest BCUT2D eigenvalue weighted by Gasteiger charge is -2.08. The van der Waals surface area contributed by atoms with Crippen LogP contribution in [0.4, 0.5) is 0 Å². The van der Waals surface area contributed by atoms with Crippen molar-refractivity contribution in [1.82, 2.24) is 5.32 Å². The van der Waals surface area contributed by atoms with Crippen LogP contribution in [0.3, 0.4) is 0 Å². The molecule has 0 radical (unpaired) electrons. The Hall–Kier alpha value is -1.55. The molecule has 5 heteroatoms. The number of carbonyl (C=O) groups is 2. The third-order valence-corrected chi connectivity index (χ3v) is 3.07. The highest BCUT2D eigenvalue weighted by Crippen LogP contribution is 2.15. The number of ether oxygens (including phenoxy) is 1. The molecule has 1 amide bonds. The van der Waals surface area contributed by atoms with E-state index in [9.17, 15) is 9.59 Å². The molecule has 110 valence electrons. The minimum Gasteiger partial charge on any atom is -0.455 e. The highest BCUT2D eigenvalue weighted by molar-refractivity contribution is 6.31. The first kappa shape index (κ1) is 16.5. The molecule has 0 aliphatic heterocycles. The van der Waals surface area contributed by atoms with Gasteiger partial charge in [-0.3, -0.25) is 9.59 Å². The quantitative estimate of drug-likeness (QED) is 0.787. The van der Waals surface area contributed by atoms with Gasteiger partial charge in [0.1, 0.15) is 0 Å². The summed E-state index contributed by atoms with van der Waals surface area (Å²) >= 11 is 5.94. The Labute approximate surface area is 124 Å². The molecule has 0 saturated heterocycles. The Morgan fingerprint density at radius 2 is 2.00 bits per heavy atom. The van der Waals surface area contributed by atoms with Gasteiger partial charge < -0.3 is 10.1 Å². The number of amides is 1. The molecular formula is C15H20ClNO3. The van der Waals surface area contributed by atoms with Gasteiger partial charge in [-0.2, -0.15) is 0 Å². The molecule has 0 fully saturated rings. The van der Waals surface area contributed by atoms with Crippen LogP contribution in [0.5, 0.6) is 0 Å². The zero-order valence-corrected chi connectivity index (χ0v) is 12.6. The summed E-state index contributed by atoms with van der Waals surface area (Å²) in [7, 11) is 0. The zero-order valence-electron chi connectivity index (χ0n) is 11.8. The van der Waals surface area contributed by atoms with Gasteiger partial charge in [0.2, 0.25) is 0 Å². The first-order valence-electron chi connectivity index (χ1n) is 6.64. The Morgan fingerprint density at radius 3 is 2.65 bits per heavy atom. The molecule has 1 rings (SSSR count). The SMILES string of the molecule is CC(C)CCNC(=O)COC(=O)Cc1ccccc1Cl. The van der Waals surface area contributed by atoms with Gasteiger partial charge in [-0.25, -0.2) is 0 Å². The van der Waals surface area contributed by atoms with Crippen molar-refractivity contribution in [2.45, 2.75) is 26.7 Å². The average molecular weight is 298 g/mol. The second-order valence-corrected chi connectivity index (χ2v) is 5.37. The van der Waals surface area contributed by atoms with Crippen molar-refractivity contribution < 1.29 is 14.3 Å². The van der Waals surface area contributed by atoms with Crippen LogP contribution in [-0.4, -0.2) is 25.0 Å². The van der Waals surface area contributed by atoms with Crippen molar-refractivity contribution in [3.8, 4) is 0 Å². The van der Waals surface area contributed by atoms with Crippen molar-refractivity contribution in [2.24, 2.45) is 5.92 Å². The molecule has 0 heterocycles. The average Bonchev–Trinajstić information content (AvgIpc) is 2.39. The molecular weight excluding hydrogens is 278 g/mol. The predicted octanol–water partition coefficient (Wildman–Crippen LogP) is 2.59. The van der Waals surface area contributed by atoms with Crippen LogP contribution in [0.2, 0.25) is 5.02 Å². The van der Waals surface area contributed by atoms with E-state index < -0.39 is 5.97 Å². The lowest BCUT2D eigenvalue weighted by Crippen LogP contribution is -2.30. The van der Waals surface area contributed by atoms with Crippen molar-refractivity contribution in [3.05, 3.63) is 34.9 Å². The van der Waals surface area contributed by atoms with E-state index in [0.29, 0.717) is 23.0 Å². The maximum absolute atomic E-state index is 11.6. The summed E-state index contributed by atoms with van der Waals surface area (Å²) in [6, 6.07) is 7.06. The third kappa shape index (κ3) is 6.57. The number of hydrogen-bond acceptors (Lipinski definition) is 3. The topological polar surface area (TPSA) is 55.4 Å². The summed E-state index contributed by atoms with van der Waals surface area (Å²) in [4.78, 5) is 23.0. The molecule has 0 aliphatic rings. The van der Waals surface area contributed by atoms with Crippen LogP contribution in [0.15, 0.2) is 24.3 Å². The zero-order chi connectivity index (χ0) is 15.0. The maximum Gasteiger partial charge on any atom is 0.310 e. The molecule has 20 heavy (non-hydrogen) atoms. The van der Waals surface area contributed by atoms with Gasteiger partial charge in [-0.1, -0.05) is 43.6 Å². The number of rotatable bonds is 7. The van der Waals surface area contributed by atoms with Gasteiger partial charge in [-0.15, -0.1) is 0 Å². The lowest BCUT2D eigenvalue weighted by atomic mass is 10.1. The van der Waals surface area contributed by atoms with Crippen molar-refractivity contribution in [2.75, 3.05) is 13.2 Å². The highest BCUT2D eigenvalue weighted by atomic mass is 35.5. The second kappa shape index (κ2) is 8.59. The fourth-order valence-corrected chi connectivity index (χ4v) is 1.75. The molecule has 0 saturated carbocycles. The first-order chi connectivity index (χ1) is 9.49. The fourth-order valence-electron chi connectivity index (χ4n) is 1.55.